The van der Waals surface area contributed by atoms with E-state index >= 15 is 0 Å². The van der Waals surface area contributed by atoms with Crippen LogP contribution in [0.2, 0.25) is 10.0 Å². The molecule has 7 heteroatoms. The van der Waals surface area contributed by atoms with E-state index in [-0.39, 0.29) is 5.91 Å². The van der Waals surface area contributed by atoms with Crippen molar-refractivity contribution in [3.05, 3.63) is 76.5 Å². The van der Waals surface area contributed by atoms with E-state index in [4.69, 9.17) is 27.9 Å². The first-order valence-corrected chi connectivity index (χ1v) is 8.77. The summed E-state index contributed by atoms with van der Waals surface area (Å²) < 4.78 is 7.36. The van der Waals surface area contributed by atoms with Gasteiger partial charge in [-0.2, -0.15) is 5.10 Å². The minimum absolute atomic E-state index is 0.247. The molecular weight excluding hydrogens is 373 g/mol. The molecule has 0 aliphatic heterocycles. The fraction of sp³-hybridized carbons (Fsp3) is 0.158. The van der Waals surface area contributed by atoms with Crippen LogP contribution in [0.5, 0.6) is 5.75 Å². The highest BCUT2D eigenvalue weighted by Crippen LogP contribution is 2.28. The van der Waals surface area contributed by atoms with Gasteiger partial charge in [-0.25, -0.2) is 4.68 Å². The molecule has 5 nitrogen and oxygen atoms in total. The van der Waals surface area contributed by atoms with Gasteiger partial charge in [0.05, 0.1) is 16.9 Å². The zero-order valence-electron chi connectivity index (χ0n) is 14.0. The summed E-state index contributed by atoms with van der Waals surface area (Å²) in [6.07, 6.45) is 2.89. The summed E-state index contributed by atoms with van der Waals surface area (Å²) in [5.74, 6) is 0.166. The summed E-state index contributed by atoms with van der Waals surface area (Å²) in [5, 5.41) is 8.00. The van der Waals surface area contributed by atoms with Crippen LogP contribution in [-0.2, 0) is 11.3 Å². The molecule has 134 valence electrons. The highest BCUT2D eigenvalue weighted by molar-refractivity contribution is 6.35. The number of benzene rings is 2. The van der Waals surface area contributed by atoms with Crippen molar-refractivity contribution in [3.8, 4) is 11.4 Å². The Morgan fingerprint density at radius 3 is 2.73 bits per heavy atom. The van der Waals surface area contributed by atoms with E-state index < -0.39 is 6.10 Å². The Labute approximate surface area is 161 Å². The molecule has 1 atom stereocenters. The Kier molecular flexibility index (Phi) is 5.81. The topological polar surface area (TPSA) is 56.1 Å². The van der Waals surface area contributed by atoms with Gasteiger partial charge in [0.25, 0.3) is 5.91 Å². The minimum atomic E-state index is -0.696. The van der Waals surface area contributed by atoms with Crippen molar-refractivity contribution in [2.75, 3.05) is 0 Å². The Hall–Kier alpha value is -2.50. The molecule has 1 unspecified atom stereocenters. The molecule has 26 heavy (non-hydrogen) atoms. The Morgan fingerprint density at radius 2 is 2.00 bits per heavy atom. The first-order chi connectivity index (χ1) is 12.5. The van der Waals surface area contributed by atoms with E-state index in [1.165, 1.54) is 0 Å². The second kappa shape index (κ2) is 8.25. The number of ether oxygens (including phenoxy) is 1. The second-order valence-corrected chi connectivity index (χ2v) is 6.52. The summed E-state index contributed by atoms with van der Waals surface area (Å²) in [6.45, 7) is 2.02. The maximum absolute atomic E-state index is 12.2. The van der Waals surface area contributed by atoms with Gasteiger partial charge in [0.1, 0.15) is 5.75 Å². The van der Waals surface area contributed by atoms with Crippen molar-refractivity contribution >= 4 is 29.1 Å². The molecule has 3 aromatic rings. The van der Waals surface area contributed by atoms with Crippen LogP contribution in [0.3, 0.4) is 0 Å². The lowest BCUT2D eigenvalue weighted by Crippen LogP contribution is -2.35. The predicted octanol–water partition coefficient (Wildman–Crippen LogP) is 4.26. The van der Waals surface area contributed by atoms with Crippen LogP contribution in [0.4, 0.5) is 0 Å². The van der Waals surface area contributed by atoms with Crippen LogP contribution in [0.25, 0.3) is 5.69 Å². The summed E-state index contributed by atoms with van der Waals surface area (Å²) in [7, 11) is 0. The number of nitrogens with one attached hydrogen (secondary N) is 1. The average molecular weight is 390 g/mol. The van der Waals surface area contributed by atoms with Crippen molar-refractivity contribution in [3.63, 3.8) is 0 Å². The van der Waals surface area contributed by atoms with Crippen LogP contribution in [0.15, 0.2) is 60.9 Å². The van der Waals surface area contributed by atoms with Crippen LogP contribution in [-0.4, -0.2) is 21.8 Å². The van der Waals surface area contributed by atoms with E-state index in [0.29, 0.717) is 22.3 Å². The maximum atomic E-state index is 12.2. The Balaban J connectivity index is 1.56. The number of halogens is 2. The molecule has 1 N–H and O–H groups in total. The fourth-order valence-electron chi connectivity index (χ4n) is 2.32. The number of hydrogen-bond donors (Lipinski definition) is 1. The van der Waals surface area contributed by atoms with Gasteiger partial charge >= 0.3 is 0 Å². The van der Waals surface area contributed by atoms with Crippen molar-refractivity contribution < 1.29 is 9.53 Å². The van der Waals surface area contributed by atoms with Crippen molar-refractivity contribution in [1.82, 2.24) is 15.1 Å². The van der Waals surface area contributed by atoms with Crippen LogP contribution < -0.4 is 10.1 Å². The number of nitrogens with zero attached hydrogens (tertiary/aromatic N) is 2. The lowest BCUT2D eigenvalue weighted by Gasteiger charge is -2.15. The van der Waals surface area contributed by atoms with Crippen LogP contribution >= 0.6 is 23.2 Å². The lowest BCUT2D eigenvalue weighted by atomic mass is 10.3. The smallest absolute Gasteiger partial charge is 0.261 e. The predicted molar refractivity (Wildman–Crippen MR) is 102 cm³/mol. The molecule has 0 fully saturated rings. The molecule has 1 heterocycles. The van der Waals surface area contributed by atoms with Crippen molar-refractivity contribution in [2.24, 2.45) is 0 Å². The van der Waals surface area contributed by atoms with Gasteiger partial charge in [-0.15, -0.1) is 0 Å². The minimum Gasteiger partial charge on any atom is -0.479 e. The number of carbonyl (C=O) groups excluding carboxylic acids is 1. The normalized spacial score (nSPS) is 11.8. The summed E-state index contributed by atoms with van der Waals surface area (Å²) >= 11 is 11.9. The third-order valence-corrected chi connectivity index (χ3v) is 4.22. The highest BCUT2D eigenvalue weighted by Gasteiger charge is 2.16. The van der Waals surface area contributed by atoms with E-state index in [2.05, 4.69) is 10.4 Å². The summed E-state index contributed by atoms with van der Waals surface area (Å²) in [6, 6.07) is 14.6. The molecule has 1 aromatic heterocycles. The number of rotatable bonds is 6. The number of para-hydroxylation sites is 1. The molecular formula is C19H17Cl2N3O2. The number of amides is 1. The molecule has 0 saturated heterocycles. The van der Waals surface area contributed by atoms with Gasteiger partial charge in [-0.05, 0) is 37.3 Å². The van der Waals surface area contributed by atoms with Crippen molar-refractivity contribution in [1.29, 1.82) is 0 Å². The molecule has 3 rings (SSSR count). The molecule has 0 bridgehead atoms. The first-order valence-electron chi connectivity index (χ1n) is 8.01. The third-order valence-electron chi connectivity index (χ3n) is 3.69. The van der Waals surface area contributed by atoms with Crippen LogP contribution in [0, 0.1) is 0 Å². The Morgan fingerprint density at radius 1 is 1.23 bits per heavy atom. The maximum Gasteiger partial charge on any atom is 0.261 e. The van der Waals surface area contributed by atoms with Gasteiger partial charge in [-0.1, -0.05) is 41.4 Å². The SMILES string of the molecule is CC(Oc1ccc(Cl)cc1Cl)C(=O)NCc1cnn(-c2ccccc2)c1. The van der Waals surface area contributed by atoms with Gasteiger partial charge in [0, 0.05) is 23.3 Å². The number of aromatic nitrogens is 2. The highest BCUT2D eigenvalue weighted by atomic mass is 35.5. The largest absolute Gasteiger partial charge is 0.479 e. The van der Waals surface area contributed by atoms with E-state index in [9.17, 15) is 4.79 Å². The van der Waals surface area contributed by atoms with Crippen molar-refractivity contribution in [2.45, 2.75) is 19.6 Å². The standard InChI is InChI=1S/C19H17Cl2N3O2/c1-13(26-18-8-7-15(20)9-17(18)21)19(25)22-10-14-11-23-24(12-14)16-5-3-2-4-6-16/h2-9,11-13H,10H2,1H3,(H,22,25). The van der Waals surface area contributed by atoms with Crippen LogP contribution in [0.1, 0.15) is 12.5 Å². The molecule has 1 amide bonds. The van der Waals surface area contributed by atoms with E-state index in [1.807, 2.05) is 36.5 Å². The quantitative estimate of drug-likeness (QED) is 0.684. The molecule has 2 aromatic carbocycles. The zero-order chi connectivity index (χ0) is 18.5. The van der Waals surface area contributed by atoms with E-state index in [1.54, 1.807) is 36.0 Å². The molecule has 0 radical (unpaired) electrons. The lowest BCUT2D eigenvalue weighted by molar-refractivity contribution is -0.127. The summed E-state index contributed by atoms with van der Waals surface area (Å²) in [5.41, 5.74) is 1.85. The fourth-order valence-corrected chi connectivity index (χ4v) is 2.77. The zero-order valence-corrected chi connectivity index (χ0v) is 15.5. The molecule has 0 aliphatic carbocycles. The first kappa shape index (κ1) is 18.3. The third kappa shape index (κ3) is 4.56. The van der Waals surface area contributed by atoms with Gasteiger partial charge in [0.2, 0.25) is 0 Å². The number of hydrogen-bond acceptors (Lipinski definition) is 3. The Bertz CT molecular complexity index is 897. The number of carbonyl (C=O) groups is 1. The second-order valence-electron chi connectivity index (χ2n) is 5.68. The van der Waals surface area contributed by atoms with Gasteiger partial charge in [0.15, 0.2) is 6.10 Å². The monoisotopic (exact) mass is 389 g/mol. The van der Waals surface area contributed by atoms with Gasteiger partial charge in [-0.3, -0.25) is 4.79 Å². The molecule has 0 spiro atoms. The molecule has 0 aliphatic rings. The average Bonchev–Trinajstić information content (AvgIpc) is 3.11. The van der Waals surface area contributed by atoms with E-state index in [0.717, 1.165) is 11.3 Å². The van der Waals surface area contributed by atoms with Gasteiger partial charge < -0.3 is 10.1 Å². The molecule has 0 saturated carbocycles. The summed E-state index contributed by atoms with van der Waals surface area (Å²) in [4.78, 5) is 12.2.